The van der Waals surface area contributed by atoms with Gasteiger partial charge in [-0.25, -0.2) is 9.37 Å². The van der Waals surface area contributed by atoms with E-state index in [-0.39, 0.29) is 61.4 Å². The number of piperidine rings is 2. The molecule has 6 rings (SSSR count). The van der Waals surface area contributed by atoms with Crippen molar-refractivity contribution < 1.29 is 41.5 Å². The van der Waals surface area contributed by atoms with Crippen molar-refractivity contribution in [2.45, 2.75) is 82.7 Å². The molecule has 3 N–H and O–H groups in total. The number of hydrogen-bond donors (Lipinski definition) is 3. The topological polar surface area (TPSA) is 160 Å². The van der Waals surface area contributed by atoms with Crippen LogP contribution < -0.4 is 30.5 Å². The second-order valence-electron chi connectivity index (χ2n) is 15.0. The van der Waals surface area contributed by atoms with Gasteiger partial charge in [0.25, 0.3) is 5.91 Å². The number of alkyl halides is 4. The lowest BCUT2D eigenvalue weighted by Crippen LogP contribution is -2.47. The van der Waals surface area contributed by atoms with Crippen LogP contribution in [0.3, 0.4) is 0 Å². The summed E-state index contributed by atoms with van der Waals surface area (Å²) in [5.41, 5.74) is -2.72. The molecule has 1 aromatic heterocycles. The van der Waals surface area contributed by atoms with Crippen LogP contribution in [0.15, 0.2) is 54.7 Å². The first-order valence-corrected chi connectivity index (χ1v) is 19.2. The van der Waals surface area contributed by atoms with Crippen molar-refractivity contribution in [3.05, 3.63) is 71.5 Å². The van der Waals surface area contributed by atoms with Gasteiger partial charge in [-0.05, 0) is 99.8 Å². The maximum Gasteiger partial charge on any atom is 0.419 e. The Hall–Kier alpha value is -5.67. The smallest absolute Gasteiger partial charge is 0.419 e. The Morgan fingerprint density at radius 3 is 2.48 bits per heavy atom. The molecule has 1 unspecified atom stereocenters. The van der Waals surface area contributed by atoms with Crippen molar-refractivity contribution >= 4 is 63.7 Å². The van der Waals surface area contributed by atoms with Crippen LogP contribution in [0, 0.1) is 11.3 Å². The third kappa shape index (κ3) is 9.05. The number of imide groups is 1. The number of halogens is 4. The molecule has 0 aliphatic carbocycles. The molecule has 306 valence electrons. The highest BCUT2D eigenvalue weighted by molar-refractivity contribution is 7.81. The highest BCUT2D eigenvalue weighted by Gasteiger charge is 2.51. The molecule has 3 aliphatic rings. The highest BCUT2D eigenvalue weighted by atomic mass is 32.1. The summed E-state index contributed by atoms with van der Waals surface area (Å²) in [6.45, 7) is 5.99. The Kier molecular flexibility index (Phi) is 12.1. The third-order valence-electron chi connectivity index (χ3n) is 10.5. The molecule has 0 spiro atoms. The molecule has 3 saturated heterocycles. The average molecular weight is 823 g/mol. The van der Waals surface area contributed by atoms with E-state index < -0.39 is 46.5 Å². The van der Waals surface area contributed by atoms with Gasteiger partial charge in [-0.1, -0.05) is 13.0 Å². The van der Waals surface area contributed by atoms with E-state index in [9.17, 15) is 32.3 Å². The molecule has 0 bridgehead atoms. The molecule has 4 amide bonds. The zero-order valence-corrected chi connectivity index (χ0v) is 32.9. The van der Waals surface area contributed by atoms with E-state index in [1.165, 1.54) is 6.07 Å². The Labute approximate surface area is 337 Å². The molecular formula is C40H42F4N8O5S. The molecule has 2 aromatic carbocycles. The number of amides is 4. The first kappa shape index (κ1) is 41.9. The molecule has 18 heteroatoms. The van der Waals surface area contributed by atoms with E-state index >= 15 is 4.39 Å². The number of rotatable bonds is 12. The summed E-state index contributed by atoms with van der Waals surface area (Å²) in [5, 5.41) is 17.3. The minimum Gasteiger partial charge on any atom is -0.493 e. The quantitative estimate of drug-likeness (QED) is 0.114. The molecule has 0 radical (unpaired) electrons. The van der Waals surface area contributed by atoms with Gasteiger partial charge in [0.15, 0.2) is 10.8 Å². The average Bonchev–Trinajstić information content (AvgIpc) is 3.35. The Morgan fingerprint density at radius 1 is 1.09 bits per heavy atom. The number of aromatic nitrogens is 1. The largest absolute Gasteiger partial charge is 0.493 e. The SMILES string of the molecule is CCc1cc(N2C(=S)N(c3cnc(C#N)c(C(F)(F)F)c3)C(=O)C2(C)C)ccc1OCCC1(F)CCN(CC(=O)Nc2cccc(NC3CCC(=O)NC3=O)c2)CC1. The third-order valence-corrected chi connectivity index (χ3v) is 10.9. The lowest BCUT2D eigenvalue weighted by Gasteiger charge is -2.36. The minimum absolute atomic E-state index is 0.0675. The lowest BCUT2D eigenvalue weighted by atomic mass is 9.90. The number of nitrogens with one attached hydrogen (secondary N) is 3. The van der Waals surface area contributed by atoms with E-state index in [1.807, 2.05) is 11.8 Å². The molecule has 4 heterocycles. The number of nitrogens with zero attached hydrogens (tertiary/aromatic N) is 5. The molecule has 3 aliphatic heterocycles. The fraction of sp³-hybridized carbons (Fsp3) is 0.425. The monoisotopic (exact) mass is 822 g/mol. The predicted octanol–water partition coefficient (Wildman–Crippen LogP) is 5.88. The predicted molar refractivity (Wildman–Crippen MR) is 211 cm³/mol. The number of likely N-dealkylation sites (tertiary alicyclic amines) is 1. The van der Waals surface area contributed by atoms with Gasteiger partial charge in [0.1, 0.15) is 29.1 Å². The number of carbonyl (C=O) groups is 4. The number of aryl methyl sites for hydroxylation is 1. The Bertz CT molecular complexity index is 2170. The summed E-state index contributed by atoms with van der Waals surface area (Å²) in [4.78, 5) is 58.1. The zero-order valence-electron chi connectivity index (χ0n) is 32.0. The van der Waals surface area contributed by atoms with Crippen molar-refractivity contribution in [2.75, 3.05) is 46.7 Å². The number of nitriles is 1. The fourth-order valence-corrected chi connectivity index (χ4v) is 7.81. The number of thiocarbonyl (C=S) groups is 1. The maximum absolute atomic E-state index is 15.9. The summed E-state index contributed by atoms with van der Waals surface area (Å²) in [5.74, 6) is -1.04. The van der Waals surface area contributed by atoms with Gasteiger partial charge >= 0.3 is 6.18 Å². The molecule has 58 heavy (non-hydrogen) atoms. The van der Waals surface area contributed by atoms with E-state index in [0.29, 0.717) is 54.8 Å². The molecule has 0 saturated carbocycles. The van der Waals surface area contributed by atoms with E-state index in [1.54, 1.807) is 61.2 Å². The van der Waals surface area contributed by atoms with E-state index in [4.69, 9.17) is 22.2 Å². The number of anilines is 4. The van der Waals surface area contributed by atoms with Gasteiger partial charge in [-0.15, -0.1) is 0 Å². The first-order chi connectivity index (χ1) is 27.4. The summed E-state index contributed by atoms with van der Waals surface area (Å²) in [6, 6.07) is 13.6. The second-order valence-corrected chi connectivity index (χ2v) is 15.3. The Balaban J connectivity index is 1.01. The van der Waals surface area contributed by atoms with Crippen LogP contribution in [0.4, 0.5) is 40.3 Å². The van der Waals surface area contributed by atoms with Gasteiger partial charge in [-0.3, -0.25) is 34.3 Å². The van der Waals surface area contributed by atoms with Gasteiger partial charge < -0.3 is 20.3 Å². The normalized spacial score (nSPS) is 19.4. The summed E-state index contributed by atoms with van der Waals surface area (Å²) >= 11 is 5.65. The number of hydrogen-bond acceptors (Lipinski definition) is 10. The number of benzene rings is 2. The molecule has 3 aromatic rings. The molecular weight excluding hydrogens is 781 g/mol. The van der Waals surface area contributed by atoms with Crippen LogP contribution in [0.5, 0.6) is 5.75 Å². The minimum atomic E-state index is -4.88. The van der Waals surface area contributed by atoms with Crippen molar-refractivity contribution in [3.8, 4) is 11.8 Å². The highest BCUT2D eigenvalue weighted by Crippen LogP contribution is 2.40. The van der Waals surface area contributed by atoms with Gasteiger partial charge in [0.05, 0.1) is 30.6 Å². The van der Waals surface area contributed by atoms with Crippen LogP contribution in [0.1, 0.15) is 69.7 Å². The van der Waals surface area contributed by atoms with Crippen molar-refractivity contribution in [1.82, 2.24) is 15.2 Å². The first-order valence-electron chi connectivity index (χ1n) is 18.8. The molecule has 13 nitrogen and oxygen atoms in total. The number of pyridine rings is 1. The summed E-state index contributed by atoms with van der Waals surface area (Å²) in [7, 11) is 0. The van der Waals surface area contributed by atoms with Crippen molar-refractivity contribution in [3.63, 3.8) is 0 Å². The van der Waals surface area contributed by atoms with Crippen molar-refractivity contribution in [1.29, 1.82) is 5.26 Å². The molecule has 3 fully saturated rings. The van der Waals surface area contributed by atoms with Crippen LogP contribution >= 0.6 is 12.2 Å². The number of ether oxygens (including phenoxy) is 1. The van der Waals surface area contributed by atoms with Gasteiger partial charge in [-0.2, -0.15) is 18.4 Å². The van der Waals surface area contributed by atoms with Gasteiger partial charge in [0, 0.05) is 43.0 Å². The summed E-state index contributed by atoms with van der Waals surface area (Å²) < 4.78 is 63.2. The van der Waals surface area contributed by atoms with Gasteiger partial charge in [0.2, 0.25) is 17.7 Å². The Morgan fingerprint density at radius 2 is 1.81 bits per heavy atom. The fourth-order valence-electron chi connectivity index (χ4n) is 7.29. The summed E-state index contributed by atoms with van der Waals surface area (Å²) in [6.07, 6.45) is -2.21. The van der Waals surface area contributed by atoms with Crippen LogP contribution in [-0.4, -0.2) is 82.1 Å². The van der Waals surface area contributed by atoms with Crippen LogP contribution in [0.25, 0.3) is 0 Å². The number of carbonyl (C=O) groups excluding carboxylic acids is 4. The molecule has 1 atom stereocenters. The van der Waals surface area contributed by atoms with Crippen LogP contribution in [-0.2, 0) is 31.8 Å². The van der Waals surface area contributed by atoms with E-state index in [2.05, 4.69) is 20.9 Å². The lowest BCUT2D eigenvalue weighted by molar-refractivity contribution is -0.138. The van der Waals surface area contributed by atoms with Crippen molar-refractivity contribution in [2.24, 2.45) is 0 Å². The standard InChI is InChI=1S/C40H42F4N8O5S/c1-4-24-18-27(52-37(58)51(36(56)38(52,2)3)28-20-29(40(42,43)44)31(21-45)46-22-28)8-10-32(24)57-17-14-39(41)12-15-50(16-13-39)23-34(54)48-26-7-5-6-25(19-26)47-30-9-11-33(53)49-35(30)55/h5-8,10,18-20,22,30,47H,4,9,11-17,23H2,1-3H3,(H,48,54)(H,49,53,55). The second kappa shape index (κ2) is 16.7. The van der Waals surface area contributed by atoms with E-state index in [0.717, 1.165) is 16.7 Å². The maximum atomic E-state index is 15.9. The zero-order chi connectivity index (χ0) is 42.0. The van der Waals surface area contributed by atoms with Crippen LogP contribution in [0.2, 0.25) is 0 Å².